The third-order valence-electron chi connectivity index (χ3n) is 18.2. The highest BCUT2D eigenvalue weighted by Gasteiger charge is 2.42. The maximum atomic E-state index is 6.22. The van der Waals surface area contributed by atoms with Crippen LogP contribution in [0.4, 0.5) is 0 Å². The van der Waals surface area contributed by atoms with Gasteiger partial charge in [-0.15, -0.1) is 0 Å². The summed E-state index contributed by atoms with van der Waals surface area (Å²) in [4.78, 5) is 5.86. The molecule has 1 aliphatic carbocycles. The molecular weight excluding hydrogens is 981 g/mol. The molecule has 1 aliphatic rings. The first-order chi connectivity index (χ1) is 40.0. The molecule has 0 saturated carbocycles. The first-order valence-electron chi connectivity index (χ1n) is 32.5. The largest absolute Gasteiger partial charge is 0.377 e. The van der Waals surface area contributed by atoms with Crippen LogP contribution >= 0.6 is 0 Å². The van der Waals surface area contributed by atoms with E-state index in [0.29, 0.717) is 6.61 Å². The van der Waals surface area contributed by atoms with Crippen molar-refractivity contribution < 1.29 is 4.74 Å². The van der Waals surface area contributed by atoms with Crippen molar-refractivity contribution in [1.29, 1.82) is 0 Å². The lowest BCUT2D eigenvalue weighted by molar-refractivity contribution is 0.116. The quantitative estimate of drug-likeness (QED) is 0.0303. The van der Waals surface area contributed by atoms with E-state index in [-0.39, 0.29) is 5.41 Å². The number of ether oxygens (including phenoxy) is 1. The molecule has 0 saturated heterocycles. The normalized spacial score (nSPS) is 12.7. The van der Waals surface area contributed by atoms with Gasteiger partial charge in [0, 0.05) is 34.9 Å². The SMILES string of the molecule is CCCCCCCCn1c(-c2ccc(COCCCCCCC)cc2)nc2c3cc(-c4ccc5c(c4)C(CCCCCCCC)(CCCCCCCC)c4cc(-c6ccccc6)ccc4-5)ccc3c3ccc(-c4ccccc4)cc3c21. The van der Waals surface area contributed by atoms with Crippen molar-refractivity contribution >= 4 is 32.6 Å². The molecule has 0 fully saturated rings. The van der Waals surface area contributed by atoms with Gasteiger partial charge in [-0.2, -0.15) is 0 Å². The number of benzene rings is 8. The number of fused-ring (bicyclic) bond motifs is 9. The van der Waals surface area contributed by atoms with Gasteiger partial charge in [-0.05, 0) is 122 Å². The van der Waals surface area contributed by atoms with E-state index in [0.717, 1.165) is 42.9 Å². The van der Waals surface area contributed by atoms with E-state index in [1.807, 2.05) is 0 Å². The second kappa shape index (κ2) is 29.1. The number of unbranched alkanes of at least 4 members (excludes halogenated alkanes) is 19. The van der Waals surface area contributed by atoms with Crippen molar-refractivity contribution in [1.82, 2.24) is 9.55 Å². The summed E-state index contributed by atoms with van der Waals surface area (Å²) in [6.45, 7) is 11.6. The minimum atomic E-state index is -0.0438. The summed E-state index contributed by atoms with van der Waals surface area (Å²) in [7, 11) is 0. The van der Waals surface area contributed by atoms with Gasteiger partial charge in [0.1, 0.15) is 5.82 Å². The van der Waals surface area contributed by atoms with Gasteiger partial charge in [0.05, 0.1) is 17.6 Å². The van der Waals surface area contributed by atoms with Gasteiger partial charge in [-0.1, -0.05) is 296 Å². The van der Waals surface area contributed by atoms with E-state index in [1.54, 1.807) is 11.1 Å². The molecule has 3 heteroatoms. The van der Waals surface area contributed by atoms with Crippen molar-refractivity contribution in [3.8, 4) is 55.9 Å². The predicted molar refractivity (Wildman–Crippen MR) is 350 cm³/mol. The fourth-order valence-electron chi connectivity index (χ4n) is 13.7. The molecule has 3 nitrogen and oxygen atoms in total. The number of imidazole rings is 1. The Bertz CT molecular complexity index is 3390. The molecule has 9 aromatic rings. The number of hydrogen-bond donors (Lipinski definition) is 0. The standard InChI is InChI=1S/C78H94N2O/c1-5-9-13-17-20-30-50-78(51-31-21-18-14-10-6-2)73-56-65(61-36-28-25-29-37-61)44-48-69(73)70-49-45-66(57-74(70)78)64-43-46-67-68-47-42-63(60-34-26-24-27-35-60)55-72(68)76-75(71(67)54-64)79-77(80(76)52-32-22-19-15-11-7-3)62-40-38-59(39-41-62)58-81-53-33-23-16-12-8-4/h24-29,34-49,54-57H,5-23,30-33,50-53,58H2,1-4H3. The number of nitrogens with zero attached hydrogens (tertiary/aromatic N) is 2. The molecule has 0 aliphatic heterocycles. The van der Waals surface area contributed by atoms with E-state index in [2.05, 4.69) is 190 Å². The molecule has 0 radical (unpaired) electrons. The number of hydrogen-bond acceptors (Lipinski definition) is 2. The Morgan fingerprint density at radius 2 is 0.802 bits per heavy atom. The molecule has 0 atom stereocenters. The topological polar surface area (TPSA) is 27.1 Å². The van der Waals surface area contributed by atoms with Crippen LogP contribution < -0.4 is 0 Å². The van der Waals surface area contributed by atoms with Gasteiger partial charge in [0.15, 0.2) is 0 Å². The lowest BCUT2D eigenvalue weighted by Crippen LogP contribution is -2.25. The van der Waals surface area contributed by atoms with Gasteiger partial charge >= 0.3 is 0 Å². The molecule has 10 rings (SSSR count). The Morgan fingerprint density at radius 3 is 1.36 bits per heavy atom. The van der Waals surface area contributed by atoms with Crippen LogP contribution in [0.3, 0.4) is 0 Å². The smallest absolute Gasteiger partial charge is 0.141 e. The van der Waals surface area contributed by atoms with E-state index >= 15 is 0 Å². The third-order valence-corrected chi connectivity index (χ3v) is 18.2. The van der Waals surface area contributed by atoms with Crippen LogP contribution in [0.2, 0.25) is 0 Å². The highest BCUT2D eigenvalue weighted by atomic mass is 16.5. The molecule has 0 bridgehead atoms. The summed E-state index contributed by atoms with van der Waals surface area (Å²) in [5.41, 5.74) is 18.4. The molecule has 0 spiro atoms. The average Bonchev–Trinajstić information content (AvgIpc) is 4.09. The number of aryl methyl sites for hydroxylation is 1. The van der Waals surface area contributed by atoms with E-state index in [4.69, 9.17) is 9.72 Å². The van der Waals surface area contributed by atoms with Crippen molar-refractivity contribution in [2.24, 2.45) is 0 Å². The van der Waals surface area contributed by atoms with Crippen LogP contribution in [-0.4, -0.2) is 16.2 Å². The highest BCUT2D eigenvalue weighted by molar-refractivity contribution is 6.25. The fraction of sp³-hybridized carbons (Fsp3) is 0.423. The molecule has 422 valence electrons. The van der Waals surface area contributed by atoms with E-state index in [9.17, 15) is 0 Å². The lowest BCUT2D eigenvalue weighted by Gasteiger charge is -2.33. The molecule has 81 heavy (non-hydrogen) atoms. The molecule has 0 amide bonds. The van der Waals surface area contributed by atoms with E-state index < -0.39 is 0 Å². The van der Waals surface area contributed by atoms with Crippen molar-refractivity contribution in [2.45, 2.75) is 207 Å². The van der Waals surface area contributed by atoms with Crippen LogP contribution in [0.15, 0.2) is 158 Å². The maximum absolute atomic E-state index is 6.22. The Balaban J connectivity index is 1.10. The Labute approximate surface area is 488 Å². The van der Waals surface area contributed by atoms with Crippen LogP contribution in [0, 0.1) is 0 Å². The minimum Gasteiger partial charge on any atom is -0.377 e. The Kier molecular flexibility index (Phi) is 20.8. The van der Waals surface area contributed by atoms with Gasteiger partial charge in [0.2, 0.25) is 0 Å². The summed E-state index contributed by atoms with van der Waals surface area (Å²) in [6.07, 6.45) is 31.8. The number of aromatic nitrogens is 2. The second-order valence-corrected chi connectivity index (χ2v) is 24.1. The average molecular weight is 1080 g/mol. The first kappa shape index (κ1) is 57.9. The fourth-order valence-corrected chi connectivity index (χ4v) is 13.7. The van der Waals surface area contributed by atoms with Crippen molar-refractivity contribution in [3.05, 3.63) is 174 Å². The third kappa shape index (κ3) is 13.6. The zero-order valence-corrected chi connectivity index (χ0v) is 50.1. The summed E-state index contributed by atoms with van der Waals surface area (Å²) in [6, 6.07) is 60.8. The van der Waals surface area contributed by atoms with Crippen molar-refractivity contribution in [3.63, 3.8) is 0 Å². The second-order valence-electron chi connectivity index (χ2n) is 24.1. The summed E-state index contributed by atoms with van der Waals surface area (Å²) in [5, 5.41) is 5.06. The van der Waals surface area contributed by atoms with Gasteiger partial charge in [-0.25, -0.2) is 4.98 Å². The molecule has 1 aromatic heterocycles. The van der Waals surface area contributed by atoms with Crippen LogP contribution in [0.5, 0.6) is 0 Å². The van der Waals surface area contributed by atoms with Crippen molar-refractivity contribution in [2.75, 3.05) is 6.61 Å². The van der Waals surface area contributed by atoms with Gasteiger partial charge in [0.25, 0.3) is 0 Å². The van der Waals surface area contributed by atoms with Crippen LogP contribution in [0.1, 0.15) is 205 Å². The zero-order chi connectivity index (χ0) is 55.6. The minimum absolute atomic E-state index is 0.0438. The molecule has 1 heterocycles. The number of rotatable bonds is 33. The monoisotopic (exact) mass is 1070 g/mol. The predicted octanol–water partition coefficient (Wildman–Crippen LogP) is 23.6. The summed E-state index contributed by atoms with van der Waals surface area (Å²) < 4.78 is 8.83. The summed E-state index contributed by atoms with van der Waals surface area (Å²) >= 11 is 0. The zero-order valence-electron chi connectivity index (χ0n) is 50.1. The van der Waals surface area contributed by atoms with Gasteiger partial charge < -0.3 is 9.30 Å². The Morgan fingerprint density at radius 1 is 0.370 bits per heavy atom. The van der Waals surface area contributed by atoms with Crippen LogP contribution in [0.25, 0.3) is 88.5 Å². The molecule has 0 unspecified atom stereocenters. The molecule has 8 aromatic carbocycles. The highest BCUT2D eigenvalue weighted by Crippen LogP contribution is 2.56. The Hall–Kier alpha value is -6.29. The maximum Gasteiger partial charge on any atom is 0.141 e. The van der Waals surface area contributed by atoms with E-state index in [1.165, 1.54) is 225 Å². The van der Waals surface area contributed by atoms with Crippen LogP contribution in [-0.2, 0) is 23.3 Å². The lowest BCUT2D eigenvalue weighted by atomic mass is 9.70. The molecular formula is C78H94N2O. The molecule has 0 N–H and O–H groups in total. The summed E-state index contributed by atoms with van der Waals surface area (Å²) in [5.74, 6) is 1.06. The first-order valence-corrected chi connectivity index (χ1v) is 32.5. The van der Waals surface area contributed by atoms with Gasteiger partial charge in [-0.3, -0.25) is 0 Å².